The van der Waals surface area contributed by atoms with E-state index >= 15 is 0 Å². The molecule has 0 aliphatic heterocycles. The van der Waals surface area contributed by atoms with Crippen LogP contribution in [-0.4, -0.2) is 22.5 Å². The summed E-state index contributed by atoms with van der Waals surface area (Å²) in [5.74, 6) is -0.792. The van der Waals surface area contributed by atoms with Gasteiger partial charge >= 0.3 is 5.97 Å². The third-order valence-corrected chi connectivity index (χ3v) is 1.13. The molecule has 0 aromatic carbocycles. The van der Waals surface area contributed by atoms with Crippen LogP contribution in [0.15, 0.2) is 5.16 Å². The molecule has 0 heterocycles. The van der Waals surface area contributed by atoms with E-state index < -0.39 is 5.97 Å². The lowest BCUT2D eigenvalue weighted by atomic mass is 10.1. The molecular weight excluding hydrogens is 134 g/mol. The van der Waals surface area contributed by atoms with Crippen LogP contribution in [0.5, 0.6) is 0 Å². The van der Waals surface area contributed by atoms with Gasteiger partial charge in [-0.2, -0.15) is 0 Å². The van der Waals surface area contributed by atoms with Gasteiger partial charge in [0.15, 0.2) is 0 Å². The van der Waals surface area contributed by atoms with E-state index in [9.17, 15) is 4.79 Å². The Balaban J connectivity index is 3.39. The van der Waals surface area contributed by atoms with Crippen molar-refractivity contribution in [1.82, 2.24) is 0 Å². The van der Waals surface area contributed by atoms with E-state index in [4.69, 9.17) is 10.3 Å². The molecule has 0 radical (unpaired) electrons. The highest BCUT2D eigenvalue weighted by atomic mass is 16.4. The maximum absolute atomic E-state index is 10.0. The van der Waals surface area contributed by atoms with Gasteiger partial charge < -0.3 is 10.3 Å². The molecule has 58 valence electrons. The zero-order valence-corrected chi connectivity index (χ0v) is 5.82. The summed E-state index contributed by atoms with van der Waals surface area (Å²) in [6, 6.07) is 0. The Hall–Kier alpha value is -1.06. The summed E-state index contributed by atoms with van der Waals surface area (Å²) in [4.78, 5) is 10.0. The monoisotopic (exact) mass is 145 g/mol. The normalized spacial score (nSPS) is 13.7. The van der Waals surface area contributed by atoms with Crippen molar-refractivity contribution in [3.63, 3.8) is 0 Å². The molecule has 0 saturated heterocycles. The van der Waals surface area contributed by atoms with Gasteiger partial charge in [0.2, 0.25) is 0 Å². The largest absolute Gasteiger partial charge is 0.481 e. The summed E-state index contributed by atoms with van der Waals surface area (Å²) in [6.45, 7) is 1.79. The van der Waals surface area contributed by atoms with Crippen LogP contribution in [0.1, 0.15) is 19.8 Å². The van der Waals surface area contributed by atoms with Gasteiger partial charge in [0, 0.05) is 12.6 Å². The summed E-state index contributed by atoms with van der Waals surface area (Å²) in [5, 5.41) is 19.0. The van der Waals surface area contributed by atoms with Crippen LogP contribution in [0.3, 0.4) is 0 Å². The fourth-order valence-corrected chi connectivity index (χ4v) is 0.539. The zero-order chi connectivity index (χ0) is 7.98. The highest BCUT2D eigenvalue weighted by Gasteiger charge is 2.01. The number of carboxylic acid groups (broad SMARTS) is 1. The van der Waals surface area contributed by atoms with Gasteiger partial charge in [-0.3, -0.25) is 4.79 Å². The first-order valence-electron chi connectivity index (χ1n) is 3.06. The van der Waals surface area contributed by atoms with E-state index in [0.717, 1.165) is 0 Å². The van der Waals surface area contributed by atoms with E-state index in [-0.39, 0.29) is 12.3 Å². The Morgan fingerprint density at radius 3 is 2.80 bits per heavy atom. The molecule has 0 saturated carbocycles. The van der Waals surface area contributed by atoms with Gasteiger partial charge in [-0.15, -0.1) is 5.16 Å². The second-order valence-electron chi connectivity index (χ2n) is 2.17. The minimum Gasteiger partial charge on any atom is -0.481 e. The van der Waals surface area contributed by atoms with Crippen LogP contribution in [-0.2, 0) is 4.79 Å². The van der Waals surface area contributed by atoms with E-state index in [0.29, 0.717) is 6.42 Å². The number of hydrogen-bond donors (Lipinski definition) is 2. The van der Waals surface area contributed by atoms with Crippen LogP contribution in [0.4, 0.5) is 0 Å². The Labute approximate surface area is 59.2 Å². The molecule has 1 unspecified atom stereocenters. The zero-order valence-electron chi connectivity index (χ0n) is 5.82. The highest BCUT2D eigenvalue weighted by molar-refractivity contribution is 5.68. The Morgan fingerprint density at radius 1 is 1.80 bits per heavy atom. The standard InChI is InChI=1S/C6H11NO3/c1-5(4-7-10)2-3-6(8)9/h4-5,10H,2-3H2,1H3,(H,8,9). The Bertz CT molecular complexity index is 133. The number of hydrogen-bond acceptors (Lipinski definition) is 3. The Kier molecular flexibility index (Phi) is 4.28. The van der Waals surface area contributed by atoms with E-state index in [1.165, 1.54) is 6.21 Å². The predicted molar refractivity (Wildman–Crippen MR) is 36.3 cm³/mol. The molecule has 1 atom stereocenters. The third-order valence-electron chi connectivity index (χ3n) is 1.13. The predicted octanol–water partition coefficient (Wildman–Crippen LogP) is 0.947. The van der Waals surface area contributed by atoms with Gasteiger partial charge in [-0.05, 0) is 12.3 Å². The number of nitrogens with zero attached hydrogens (tertiary/aromatic N) is 1. The van der Waals surface area contributed by atoms with Crippen molar-refractivity contribution in [2.45, 2.75) is 19.8 Å². The van der Waals surface area contributed by atoms with E-state index in [2.05, 4.69) is 5.16 Å². The lowest BCUT2D eigenvalue weighted by Crippen LogP contribution is -2.01. The van der Waals surface area contributed by atoms with Gasteiger partial charge in [-0.1, -0.05) is 6.92 Å². The van der Waals surface area contributed by atoms with Crippen LogP contribution < -0.4 is 0 Å². The molecule has 2 N–H and O–H groups in total. The minimum absolute atomic E-state index is 0.0288. The molecule has 0 fully saturated rings. The molecule has 0 bridgehead atoms. The fourth-order valence-electron chi connectivity index (χ4n) is 0.539. The van der Waals surface area contributed by atoms with Crippen molar-refractivity contribution in [3.05, 3.63) is 0 Å². The SMILES string of the molecule is CC(C=NO)CCC(=O)O. The lowest BCUT2D eigenvalue weighted by molar-refractivity contribution is -0.137. The molecule has 0 aliphatic rings. The number of rotatable bonds is 4. The summed E-state index contributed by atoms with van der Waals surface area (Å²) < 4.78 is 0. The van der Waals surface area contributed by atoms with Gasteiger partial charge in [0.25, 0.3) is 0 Å². The van der Waals surface area contributed by atoms with Crippen molar-refractivity contribution >= 4 is 12.2 Å². The third kappa shape index (κ3) is 5.08. The molecule has 0 rings (SSSR count). The van der Waals surface area contributed by atoms with Crippen LogP contribution in [0.2, 0.25) is 0 Å². The number of carbonyl (C=O) groups is 1. The molecule has 0 aromatic heterocycles. The molecular formula is C6H11NO3. The molecule has 0 spiro atoms. The van der Waals surface area contributed by atoms with Crippen LogP contribution in [0, 0.1) is 5.92 Å². The maximum atomic E-state index is 10.0. The van der Waals surface area contributed by atoms with Crippen molar-refractivity contribution < 1.29 is 15.1 Å². The smallest absolute Gasteiger partial charge is 0.303 e. The second kappa shape index (κ2) is 4.78. The van der Waals surface area contributed by atoms with E-state index in [1.807, 2.05) is 0 Å². The van der Waals surface area contributed by atoms with Crippen molar-refractivity contribution in [1.29, 1.82) is 0 Å². The van der Waals surface area contributed by atoms with E-state index in [1.54, 1.807) is 6.92 Å². The molecule has 0 aromatic rings. The first kappa shape index (κ1) is 8.94. The highest BCUT2D eigenvalue weighted by Crippen LogP contribution is 2.01. The first-order valence-corrected chi connectivity index (χ1v) is 3.06. The first-order chi connectivity index (χ1) is 4.66. The summed E-state index contributed by atoms with van der Waals surface area (Å²) in [5.41, 5.74) is 0. The average molecular weight is 145 g/mol. The minimum atomic E-state index is -0.821. The van der Waals surface area contributed by atoms with Crippen molar-refractivity contribution in [3.8, 4) is 0 Å². The quantitative estimate of drug-likeness (QED) is 0.351. The van der Waals surface area contributed by atoms with Crippen LogP contribution in [0.25, 0.3) is 0 Å². The van der Waals surface area contributed by atoms with Gasteiger partial charge in [0.05, 0.1) is 0 Å². The average Bonchev–Trinajstić information content (AvgIpc) is 1.85. The fraction of sp³-hybridized carbons (Fsp3) is 0.667. The summed E-state index contributed by atoms with van der Waals surface area (Å²) >= 11 is 0. The number of carboxylic acids is 1. The molecule has 0 aliphatic carbocycles. The second-order valence-corrected chi connectivity index (χ2v) is 2.17. The molecule has 4 heteroatoms. The molecule has 10 heavy (non-hydrogen) atoms. The van der Waals surface area contributed by atoms with Gasteiger partial charge in [-0.25, -0.2) is 0 Å². The molecule has 4 nitrogen and oxygen atoms in total. The van der Waals surface area contributed by atoms with Crippen molar-refractivity contribution in [2.75, 3.05) is 0 Å². The molecule has 0 amide bonds. The summed E-state index contributed by atoms with van der Waals surface area (Å²) in [7, 11) is 0. The summed E-state index contributed by atoms with van der Waals surface area (Å²) in [6.07, 6.45) is 1.95. The maximum Gasteiger partial charge on any atom is 0.303 e. The van der Waals surface area contributed by atoms with Gasteiger partial charge in [0.1, 0.15) is 0 Å². The topological polar surface area (TPSA) is 69.9 Å². The number of oxime groups is 1. The van der Waals surface area contributed by atoms with Crippen LogP contribution >= 0.6 is 0 Å². The number of aliphatic carboxylic acids is 1. The lowest BCUT2D eigenvalue weighted by Gasteiger charge is -1.99. The Morgan fingerprint density at radius 2 is 2.40 bits per heavy atom. The van der Waals surface area contributed by atoms with Crippen molar-refractivity contribution in [2.24, 2.45) is 11.1 Å².